The monoisotopic (exact) mass is 400 g/mol. The van der Waals surface area contributed by atoms with E-state index in [1.54, 1.807) is 0 Å². The summed E-state index contributed by atoms with van der Waals surface area (Å²) in [6.07, 6.45) is 1.05. The lowest BCUT2D eigenvalue weighted by molar-refractivity contribution is 0.0179. The third-order valence-corrected chi connectivity index (χ3v) is 5.99. The van der Waals surface area contributed by atoms with Crippen LogP contribution in [0.25, 0.3) is 0 Å². The van der Waals surface area contributed by atoms with Gasteiger partial charge < -0.3 is 15.0 Å². The minimum atomic E-state index is 0.282. The highest BCUT2D eigenvalue weighted by Gasteiger charge is 2.22. The average Bonchev–Trinajstić information content (AvgIpc) is 3.27. The molecular weight excluding hydrogens is 368 g/mol. The van der Waals surface area contributed by atoms with Crippen molar-refractivity contribution in [3.05, 3.63) is 58.3 Å². The fraction of sp³-hybridized carbons (Fsp3) is 0.500. The third-order valence-electron chi connectivity index (χ3n) is 5.05. The van der Waals surface area contributed by atoms with Gasteiger partial charge in [-0.3, -0.25) is 9.89 Å². The van der Waals surface area contributed by atoms with Crippen molar-refractivity contribution in [3.8, 4) is 0 Å². The Kier molecular flexibility index (Phi) is 8.33. The van der Waals surface area contributed by atoms with Gasteiger partial charge in [-0.25, -0.2) is 0 Å². The number of hydrogen-bond acceptors (Lipinski definition) is 4. The lowest BCUT2D eigenvalue weighted by atomic mass is 10.0. The molecular formula is C22H32N4OS. The molecule has 1 atom stereocenters. The molecule has 0 bridgehead atoms. The summed E-state index contributed by atoms with van der Waals surface area (Å²) in [5.41, 5.74) is 1.32. The van der Waals surface area contributed by atoms with E-state index in [1.165, 1.54) is 10.4 Å². The van der Waals surface area contributed by atoms with Crippen molar-refractivity contribution < 1.29 is 4.74 Å². The van der Waals surface area contributed by atoms with Crippen LogP contribution in [0.15, 0.2) is 52.8 Å². The number of thiophene rings is 1. The number of guanidine groups is 1. The lowest BCUT2D eigenvalue weighted by Crippen LogP contribution is -2.42. The van der Waals surface area contributed by atoms with E-state index in [4.69, 9.17) is 9.73 Å². The zero-order valence-electron chi connectivity index (χ0n) is 17.0. The molecule has 1 aromatic carbocycles. The number of nitrogens with zero attached hydrogens (tertiary/aromatic N) is 3. The van der Waals surface area contributed by atoms with E-state index < -0.39 is 0 Å². The molecule has 0 spiro atoms. The number of nitrogens with one attached hydrogen (secondary N) is 1. The summed E-state index contributed by atoms with van der Waals surface area (Å²) >= 11 is 1.82. The van der Waals surface area contributed by atoms with Crippen LogP contribution < -0.4 is 5.32 Å². The van der Waals surface area contributed by atoms with Gasteiger partial charge in [0.2, 0.25) is 0 Å². The molecule has 0 amide bonds. The SMILES string of the molecule is CCNC(=NCC(c1ccccc1)N1CCOCC1)N(C)CCc1cccs1. The van der Waals surface area contributed by atoms with Crippen LogP contribution >= 0.6 is 11.3 Å². The molecule has 1 aliphatic rings. The molecule has 1 N–H and O–H groups in total. The Balaban J connectivity index is 1.69. The number of ether oxygens (including phenoxy) is 1. The van der Waals surface area contributed by atoms with Gasteiger partial charge in [-0.1, -0.05) is 36.4 Å². The molecule has 1 saturated heterocycles. The molecule has 28 heavy (non-hydrogen) atoms. The van der Waals surface area contributed by atoms with Crippen LogP contribution in [0.5, 0.6) is 0 Å². The van der Waals surface area contributed by atoms with Crippen molar-refractivity contribution >= 4 is 17.3 Å². The summed E-state index contributed by atoms with van der Waals surface area (Å²) in [6.45, 7) is 8.21. The Bertz CT molecular complexity index is 699. The van der Waals surface area contributed by atoms with E-state index >= 15 is 0 Å². The number of aliphatic imine (C=N–C) groups is 1. The highest BCUT2D eigenvalue weighted by molar-refractivity contribution is 7.09. The van der Waals surface area contributed by atoms with Crippen LogP contribution in [0.2, 0.25) is 0 Å². The van der Waals surface area contributed by atoms with Crippen LogP contribution in [0.3, 0.4) is 0 Å². The fourth-order valence-electron chi connectivity index (χ4n) is 3.48. The van der Waals surface area contributed by atoms with Gasteiger partial charge in [0, 0.05) is 38.1 Å². The van der Waals surface area contributed by atoms with Gasteiger partial charge in [-0.2, -0.15) is 0 Å². The molecule has 1 fully saturated rings. The van der Waals surface area contributed by atoms with E-state index in [9.17, 15) is 0 Å². The maximum absolute atomic E-state index is 5.56. The second kappa shape index (κ2) is 11.2. The van der Waals surface area contributed by atoms with E-state index in [0.29, 0.717) is 0 Å². The van der Waals surface area contributed by atoms with Gasteiger partial charge in [-0.05, 0) is 30.4 Å². The Morgan fingerprint density at radius 3 is 2.68 bits per heavy atom. The molecule has 2 heterocycles. The molecule has 2 aromatic rings. The standard InChI is InChI=1S/C22H32N4OS/c1-3-23-22(25(2)12-11-20-10-7-17-28-20)24-18-21(19-8-5-4-6-9-19)26-13-15-27-16-14-26/h4-10,17,21H,3,11-16,18H2,1-2H3,(H,23,24). The Hall–Kier alpha value is -1.89. The highest BCUT2D eigenvalue weighted by Crippen LogP contribution is 2.22. The number of rotatable bonds is 8. The maximum Gasteiger partial charge on any atom is 0.193 e. The molecule has 1 unspecified atom stereocenters. The van der Waals surface area contributed by atoms with Crippen LogP contribution in [0.1, 0.15) is 23.4 Å². The molecule has 0 radical (unpaired) electrons. The molecule has 3 rings (SSSR count). The first kappa shape index (κ1) is 20.8. The minimum Gasteiger partial charge on any atom is -0.379 e. The van der Waals surface area contributed by atoms with Crippen molar-refractivity contribution in [2.75, 3.05) is 53.0 Å². The van der Waals surface area contributed by atoms with Gasteiger partial charge in [-0.15, -0.1) is 11.3 Å². The number of benzene rings is 1. The summed E-state index contributed by atoms with van der Waals surface area (Å²) in [5.74, 6) is 0.980. The summed E-state index contributed by atoms with van der Waals surface area (Å²) in [5, 5.41) is 5.60. The van der Waals surface area contributed by atoms with Gasteiger partial charge >= 0.3 is 0 Å². The molecule has 0 saturated carbocycles. The van der Waals surface area contributed by atoms with E-state index in [1.807, 2.05) is 11.3 Å². The zero-order valence-corrected chi connectivity index (χ0v) is 17.8. The van der Waals surface area contributed by atoms with E-state index in [0.717, 1.165) is 58.3 Å². The smallest absolute Gasteiger partial charge is 0.193 e. The van der Waals surface area contributed by atoms with Gasteiger partial charge in [0.25, 0.3) is 0 Å². The zero-order chi connectivity index (χ0) is 19.6. The first-order valence-corrected chi connectivity index (χ1v) is 11.0. The maximum atomic E-state index is 5.56. The third kappa shape index (κ3) is 6.06. The van der Waals surface area contributed by atoms with E-state index in [2.05, 4.69) is 76.9 Å². The normalized spacial score (nSPS) is 16.7. The molecule has 0 aliphatic carbocycles. The highest BCUT2D eigenvalue weighted by atomic mass is 32.1. The van der Waals surface area contributed by atoms with Crippen molar-refractivity contribution in [2.45, 2.75) is 19.4 Å². The van der Waals surface area contributed by atoms with Crippen molar-refractivity contribution in [3.63, 3.8) is 0 Å². The second-order valence-electron chi connectivity index (χ2n) is 7.02. The number of morpholine rings is 1. The summed E-state index contributed by atoms with van der Waals surface area (Å²) in [6, 6.07) is 15.3. The van der Waals surface area contributed by atoms with Gasteiger partial charge in [0.05, 0.1) is 25.8 Å². The largest absolute Gasteiger partial charge is 0.379 e. The van der Waals surface area contributed by atoms with Crippen LogP contribution in [0.4, 0.5) is 0 Å². The number of hydrogen-bond donors (Lipinski definition) is 1. The number of likely N-dealkylation sites (N-methyl/N-ethyl adjacent to an activating group) is 1. The van der Waals surface area contributed by atoms with Crippen LogP contribution in [0, 0.1) is 0 Å². The average molecular weight is 401 g/mol. The predicted molar refractivity (Wildman–Crippen MR) is 118 cm³/mol. The van der Waals surface area contributed by atoms with E-state index in [-0.39, 0.29) is 6.04 Å². The Morgan fingerprint density at radius 1 is 1.21 bits per heavy atom. The topological polar surface area (TPSA) is 40.1 Å². The predicted octanol–water partition coefficient (Wildman–Crippen LogP) is 3.26. The quantitative estimate of drug-likeness (QED) is 0.545. The molecule has 1 aromatic heterocycles. The fourth-order valence-corrected chi connectivity index (χ4v) is 4.18. The van der Waals surface area contributed by atoms with Gasteiger partial charge in [0.15, 0.2) is 5.96 Å². The molecule has 152 valence electrons. The first-order chi connectivity index (χ1) is 13.8. The van der Waals surface area contributed by atoms with Gasteiger partial charge in [0.1, 0.15) is 0 Å². The molecule has 5 nitrogen and oxygen atoms in total. The summed E-state index contributed by atoms with van der Waals surface area (Å²) in [4.78, 5) is 11.2. The Labute approximate surface area is 173 Å². The first-order valence-electron chi connectivity index (χ1n) is 10.2. The lowest BCUT2D eigenvalue weighted by Gasteiger charge is -2.34. The minimum absolute atomic E-state index is 0.282. The van der Waals surface area contributed by atoms with Crippen molar-refractivity contribution in [1.82, 2.24) is 15.1 Å². The molecule has 1 aliphatic heterocycles. The van der Waals surface area contributed by atoms with Crippen molar-refractivity contribution in [2.24, 2.45) is 4.99 Å². The Morgan fingerprint density at radius 2 is 2.00 bits per heavy atom. The van der Waals surface area contributed by atoms with Crippen LogP contribution in [-0.2, 0) is 11.2 Å². The molecule has 6 heteroatoms. The van der Waals surface area contributed by atoms with Crippen LogP contribution in [-0.4, -0.2) is 68.7 Å². The summed E-state index contributed by atoms with van der Waals surface area (Å²) in [7, 11) is 2.13. The van der Waals surface area contributed by atoms with Crippen molar-refractivity contribution in [1.29, 1.82) is 0 Å². The summed E-state index contributed by atoms with van der Waals surface area (Å²) < 4.78 is 5.56. The second-order valence-corrected chi connectivity index (χ2v) is 8.05.